The van der Waals surface area contributed by atoms with E-state index in [4.69, 9.17) is 0 Å². The Morgan fingerprint density at radius 2 is 1.31 bits per heavy atom. The molecule has 2 aromatic heterocycles. The van der Waals surface area contributed by atoms with Gasteiger partial charge in [0, 0.05) is 23.3 Å². The lowest BCUT2D eigenvalue weighted by molar-refractivity contribution is 0.627. The van der Waals surface area contributed by atoms with Crippen LogP contribution in [0.15, 0.2) is 106 Å². The molecule has 0 unspecified atom stereocenters. The lowest BCUT2D eigenvalue weighted by Crippen LogP contribution is -1.95. The monoisotopic (exact) mass is 708 g/mol. The SMILES string of the molecule is Brc1ccc2cn[nH]c2c1.Fc1ccc(-n2ncc3ccc(Br)cc32)cc1.Fc1ccc(I)cc1. The lowest BCUT2D eigenvalue weighted by atomic mass is 10.2. The number of nitrogens with zero attached hydrogens (tertiary/aromatic N) is 3. The number of hydrogen-bond acceptors (Lipinski definition) is 2. The number of H-pyrrole nitrogens is 1. The molecule has 0 saturated carbocycles. The Hall–Kier alpha value is -2.63. The van der Waals surface area contributed by atoms with Crippen molar-refractivity contribution in [1.82, 2.24) is 20.0 Å². The van der Waals surface area contributed by atoms with Crippen molar-refractivity contribution in [2.24, 2.45) is 0 Å². The van der Waals surface area contributed by atoms with E-state index in [1.165, 1.54) is 24.3 Å². The summed E-state index contributed by atoms with van der Waals surface area (Å²) in [5.74, 6) is -0.420. The van der Waals surface area contributed by atoms with Gasteiger partial charge in [0.1, 0.15) is 11.6 Å². The van der Waals surface area contributed by atoms with Crippen LogP contribution >= 0.6 is 54.5 Å². The van der Waals surface area contributed by atoms with E-state index >= 15 is 0 Å². The quantitative estimate of drug-likeness (QED) is 0.174. The minimum atomic E-state index is -0.244. The molecule has 0 aliphatic rings. The van der Waals surface area contributed by atoms with Crippen LogP contribution in [0.4, 0.5) is 8.78 Å². The van der Waals surface area contributed by atoms with Gasteiger partial charge in [-0.15, -0.1) is 0 Å². The van der Waals surface area contributed by atoms with Crippen LogP contribution in [0.1, 0.15) is 0 Å². The maximum absolute atomic E-state index is 12.9. The topological polar surface area (TPSA) is 46.5 Å². The Morgan fingerprint density at radius 1 is 0.714 bits per heavy atom. The molecule has 0 bridgehead atoms. The van der Waals surface area contributed by atoms with E-state index in [9.17, 15) is 8.78 Å². The zero-order valence-corrected chi connectivity index (χ0v) is 23.3. The minimum absolute atomic E-state index is 0.176. The summed E-state index contributed by atoms with van der Waals surface area (Å²) >= 11 is 8.93. The molecule has 6 aromatic rings. The normalized spacial score (nSPS) is 10.4. The van der Waals surface area contributed by atoms with E-state index in [1.54, 1.807) is 35.1 Å². The molecule has 0 radical (unpaired) electrons. The molecular weight excluding hydrogens is 693 g/mol. The standard InChI is InChI=1S/C13H8BrFN2.C7H5BrN2.C6H4FI/c14-10-2-1-9-8-16-17(13(9)7-10)12-5-3-11(15)4-6-12;8-6-2-1-5-4-9-10-7(5)3-6;7-5-1-3-6(8)4-2-5/h1-8H;1-4H,(H,9,10);1-4H. The van der Waals surface area contributed by atoms with Crippen LogP contribution in [0.2, 0.25) is 0 Å². The van der Waals surface area contributed by atoms with Gasteiger partial charge < -0.3 is 0 Å². The number of aromatic amines is 1. The fourth-order valence-electron chi connectivity index (χ4n) is 3.12. The molecule has 9 heteroatoms. The molecule has 4 aromatic carbocycles. The number of fused-ring (bicyclic) bond motifs is 2. The van der Waals surface area contributed by atoms with Crippen molar-refractivity contribution in [1.29, 1.82) is 0 Å². The fourth-order valence-corrected chi connectivity index (χ4v) is 4.19. The fraction of sp³-hybridized carbons (Fsp3) is 0. The molecule has 35 heavy (non-hydrogen) atoms. The Kier molecular flexibility index (Phi) is 8.64. The summed E-state index contributed by atoms with van der Waals surface area (Å²) in [6, 6.07) is 24.6. The molecule has 0 amide bonds. The Balaban J connectivity index is 0.000000136. The summed E-state index contributed by atoms with van der Waals surface area (Å²) in [5.41, 5.74) is 2.90. The van der Waals surface area contributed by atoms with Crippen LogP contribution in [-0.2, 0) is 0 Å². The van der Waals surface area contributed by atoms with Gasteiger partial charge in [0.2, 0.25) is 0 Å². The summed E-state index contributed by atoms with van der Waals surface area (Å²) in [6.45, 7) is 0. The van der Waals surface area contributed by atoms with Gasteiger partial charge in [-0.05, 0) is 95.4 Å². The second kappa shape index (κ2) is 11.9. The van der Waals surface area contributed by atoms with Crippen LogP contribution in [0.5, 0.6) is 0 Å². The number of benzene rings is 4. The summed E-state index contributed by atoms with van der Waals surface area (Å²) in [7, 11) is 0. The minimum Gasteiger partial charge on any atom is -0.278 e. The average molecular weight is 710 g/mol. The maximum Gasteiger partial charge on any atom is 0.123 e. The summed E-state index contributed by atoms with van der Waals surface area (Å²) in [4.78, 5) is 0. The predicted octanol–water partition coefficient (Wildman–Crippen LogP) is 8.68. The Labute approximate surface area is 230 Å². The smallest absolute Gasteiger partial charge is 0.123 e. The van der Waals surface area contributed by atoms with Gasteiger partial charge in [0.25, 0.3) is 0 Å². The molecule has 6 rings (SSSR count). The highest BCUT2D eigenvalue weighted by Crippen LogP contribution is 2.22. The third-order valence-electron chi connectivity index (χ3n) is 4.81. The molecule has 2 heterocycles. The van der Waals surface area contributed by atoms with Gasteiger partial charge in [-0.3, -0.25) is 5.10 Å². The third kappa shape index (κ3) is 6.96. The number of nitrogens with one attached hydrogen (secondary N) is 1. The highest BCUT2D eigenvalue weighted by atomic mass is 127. The van der Waals surface area contributed by atoms with E-state index in [2.05, 4.69) is 69.7 Å². The van der Waals surface area contributed by atoms with Gasteiger partial charge >= 0.3 is 0 Å². The van der Waals surface area contributed by atoms with Gasteiger partial charge in [-0.25, -0.2) is 13.5 Å². The average Bonchev–Trinajstić information content (AvgIpc) is 3.49. The molecule has 0 atom stereocenters. The first-order chi connectivity index (χ1) is 16.9. The lowest BCUT2D eigenvalue weighted by Gasteiger charge is -2.03. The van der Waals surface area contributed by atoms with Crippen molar-refractivity contribution in [3.05, 3.63) is 121 Å². The second-order valence-corrected chi connectivity index (χ2v) is 10.4. The zero-order valence-electron chi connectivity index (χ0n) is 18.0. The number of rotatable bonds is 1. The first kappa shape index (κ1) is 25.5. The highest BCUT2D eigenvalue weighted by molar-refractivity contribution is 14.1. The third-order valence-corrected chi connectivity index (χ3v) is 6.52. The van der Waals surface area contributed by atoms with E-state index in [0.29, 0.717) is 0 Å². The summed E-state index contributed by atoms with van der Waals surface area (Å²) in [6.07, 6.45) is 3.60. The zero-order chi connectivity index (χ0) is 24.8. The molecular formula is C26H17Br2F2IN4. The molecule has 0 fully saturated rings. The van der Waals surface area contributed by atoms with Gasteiger partial charge in [0.15, 0.2) is 0 Å². The van der Waals surface area contributed by atoms with E-state index in [0.717, 1.165) is 40.0 Å². The summed E-state index contributed by atoms with van der Waals surface area (Å²) in [5, 5.41) is 13.3. The summed E-state index contributed by atoms with van der Waals surface area (Å²) < 4.78 is 29.9. The van der Waals surface area contributed by atoms with Crippen LogP contribution in [-0.4, -0.2) is 20.0 Å². The molecule has 0 aliphatic carbocycles. The molecule has 4 nitrogen and oxygen atoms in total. The van der Waals surface area contributed by atoms with E-state index < -0.39 is 0 Å². The molecule has 176 valence electrons. The van der Waals surface area contributed by atoms with Crippen molar-refractivity contribution in [3.63, 3.8) is 0 Å². The molecule has 0 spiro atoms. The van der Waals surface area contributed by atoms with Crippen molar-refractivity contribution >= 4 is 76.3 Å². The predicted molar refractivity (Wildman–Crippen MR) is 152 cm³/mol. The van der Waals surface area contributed by atoms with Crippen molar-refractivity contribution < 1.29 is 8.78 Å². The van der Waals surface area contributed by atoms with Crippen LogP contribution in [0, 0.1) is 15.2 Å². The second-order valence-electron chi connectivity index (χ2n) is 7.27. The molecule has 0 aliphatic heterocycles. The number of halogens is 5. The first-order valence-corrected chi connectivity index (χ1v) is 12.9. The van der Waals surface area contributed by atoms with Gasteiger partial charge in [0.05, 0.1) is 29.1 Å². The Morgan fingerprint density at radius 3 is 1.97 bits per heavy atom. The molecule has 0 saturated heterocycles. The van der Waals surface area contributed by atoms with Crippen molar-refractivity contribution in [3.8, 4) is 5.69 Å². The van der Waals surface area contributed by atoms with E-state index in [1.807, 2.05) is 42.6 Å². The van der Waals surface area contributed by atoms with Crippen LogP contribution in [0.25, 0.3) is 27.5 Å². The van der Waals surface area contributed by atoms with Crippen molar-refractivity contribution in [2.75, 3.05) is 0 Å². The van der Waals surface area contributed by atoms with Gasteiger partial charge in [-0.1, -0.05) is 44.0 Å². The van der Waals surface area contributed by atoms with Crippen LogP contribution < -0.4 is 0 Å². The highest BCUT2D eigenvalue weighted by Gasteiger charge is 2.05. The first-order valence-electron chi connectivity index (χ1n) is 10.3. The number of hydrogen-bond donors (Lipinski definition) is 1. The van der Waals surface area contributed by atoms with Gasteiger partial charge in [-0.2, -0.15) is 10.2 Å². The van der Waals surface area contributed by atoms with E-state index in [-0.39, 0.29) is 11.6 Å². The Bertz CT molecular complexity index is 1530. The van der Waals surface area contributed by atoms with Crippen molar-refractivity contribution in [2.45, 2.75) is 0 Å². The largest absolute Gasteiger partial charge is 0.278 e. The number of aromatic nitrogens is 4. The maximum atomic E-state index is 12.9. The molecule has 1 N–H and O–H groups in total. The van der Waals surface area contributed by atoms with Crippen LogP contribution in [0.3, 0.4) is 0 Å².